The fourth-order valence-corrected chi connectivity index (χ4v) is 1.98. The predicted octanol–water partition coefficient (Wildman–Crippen LogP) is 3.91. The highest BCUT2D eigenvalue weighted by Gasteiger charge is 2.29. The Morgan fingerprint density at radius 3 is 2.16 bits per heavy atom. The van der Waals surface area contributed by atoms with Crippen LogP contribution in [-0.2, 0) is 10.2 Å². The summed E-state index contributed by atoms with van der Waals surface area (Å²) in [6.45, 7) is 5.87. The largest absolute Gasteiger partial charge is 0.325 e. The van der Waals surface area contributed by atoms with Crippen LogP contribution in [0.5, 0.6) is 0 Å². The summed E-state index contributed by atoms with van der Waals surface area (Å²) in [5.41, 5.74) is 2.40. The average molecular weight is 253 g/mol. The lowest BCUT2D eigenvalue weighted by atomic mass is 9.83. The van der Waals surface area contributed by atoms with Gasteiger partial charge in [-0.3, -0.25) is 4.79 Å². The first-order valence-corrected chi connectivity index (χ1v) is 6.44. The standard InChI is InChI=1S/C17H19NO/c1-13-9-7-8-12-15(13)18-16(19)17(2,3)14-10-5-4-6-11-14/h4-12H,1-3H3,(H,18,19). The molecule has 2 rings (SSSR count). The number of aryl methyl sites for hydroxylation is 1. The zero-order valence-electron chi connectivity index (χ0n) is 11.6. The van der Waals surface area contributed by atoms with Crippen molar-refractivity contribution < 1.29 is 4.79 Å². The summed E-state index contributed by atoms with van der Waals surface area (Å²) >= 11 is 0. The molecule has 0 atom stereocenters. The molecule has 0 radical (unpaired) electrons. The molecule has 2 nitrogen and oxygen atoms in total. The Morgan fingerprint density at radius 1 is 0.947 bits per heavy atom. The second-order valence-corrected chi connectivity index (χ2v) is 5.26. The zero-order chi connectivity index (χ0) is 13.9. The number of amides is 1. The molecule has 0 aromatic heterocycles. The minimum absolute atomic E-state index is 0.00741. The number of hydrogen-bond donors (Lipinski definition) is 1. The molecule has 98 valence electrons. The van der Waals surface area contributed by atoms with Gasteiger partial charge in [0.05, 0.1) is 5.41 Å². The molecular formula is C17H19NO. The molecule has 0 spiro atoms. The van der Waals surface area contributed by atoms with E-state index in [-0.39, 0.29) is 5.91 Å². The monoisotopic (exact) mass is 253 g/mol. The summed E-state index contributed by atoms with van der Waals surface area (Å²) in [6.07, 6.45) is 0. The van der Waals surface area contributed by atoms with Crippen LogP contribution in [0.15, 0.2) is 54.6 Å². The lowest BCUT2D eigenvalue weighted by Crippen LogP contribution is -2.34. The Balaban J connectivity index is 2.23. The number of benzene rings is 2. The predicted molar refractivity (Wildman–Crippen MR) is 79.3 cm³/mol. The quantitative estimate of drug-likeness (QED) is 0.882. The van der Waals surface area contributed by atoms with Gasteiger partial charge in [0, 0.05) is 5.69 Å². The highest BCUT2D eigenvalue weighted by Crippen LogP contribution is 2.25. The molecule has 1 N–H and O–H groups in total. The number of hydrogen-bond acceptors (Lipinski definition) is 1. The van der Waals surface area contributed by atoms with Crippen LogP contribution in [-0.4, -0.2) is 5.91 Å². The van der Waals surface area contributed by atoms with Crippen LogP contribution in [0.4, 0.5) is 5.69 Å². The molecule has 2 aromatic carbocycles. The highest BCUT2D eigenvalue weighted by atomic mass is 16.2. The first-order chi connectivity index (χ1) is 9.01. The Kier molecular flexibility index (Phi) is 3.70. The van der Waals surface area contributed by atoms with Crippen molar-refractivity contribution in [2.24, 2.45) is 0 Å². The van der Waals surface area contributed by atoms with E-state index in [1.165, 1.54) is 0 Å². The van der Waals surface area contributed by atoms with Gasteiger partial charge in [0.25, 0.3) is 0 Å². The summed E-state index contributed by atoms with van der Waals surface area (Å²) in [5.74, 6) is 0.00741. The van der Waals surface area contributed by atoms with E-state index in [0.717, 1.165) is 16.8 Å². The van der Waals surface area contributed by atoms with Crippen molar-refractivity contribution in [3.05, 3.63) is 65.7 Å². The van der Waals surface area contributed by atoms with Gasteiger partial charge in [0.15, 0.2) is 0 Å². The van der Waals surface area contributed by atoms with E-state index in [0.29, 0.717) is 0 Å². The smallest absolute Gasteiger partial charge is 0.234 e. The maximum absolute atomic E-state index is 12.5. The lowest BCUT2D eigenvalue weighted by Gasteiger charge is -2.24. The number of para-hydroxylation sites is 1. The van der Waals surface area contributed by atoms with Crippen molar-refractivity contribution in [3.8, 4) is 0 Å². The molecule has 1 amide bonds. The van der Waals surface area contributed by atoms with Crippen molar-refractivity contribution >= 4 is 11.6 Å². The summed E-state index contributed by atoms with van der Waals surface area (Å²) in [5, 5.41) is 3.01. The molecule has 0 unspecified atom stereocenters. The third-order valence-electron chi connectivity index (χ3n) is 3.46. The Morgan fingerprint density at radius 2 is 1.53 bits per heavy atom. The fourth-order valence-electron chi connectivity index (χ4n) is 1.98. The van der Waals surface area contributed by atoms with Crippen LogP contribution < -0.4 is 5.32 Å². The van der Waals surface area contributed by atoms with E-state index in [1.807, 2.05) is 75.4 Å². The molecular weight excluding hydrogens is 234 g/mol. The second kappa shape index (κ2) is 5.27. The van der Waals surface area contributed by atoms with E-state index < -0.39 is 5.41 Å². The Labute approximate surface area is 114 Å². The first-order valence-electron chi connectivity index (χ1n) is 6.44. The fraction of sp³-hybridized carbons (Fsp3) is 0.235. The summed E-state index contributed by atoms with van der Waals surface area (Å²) in [4.78, 5) is 12.5. The molecule has 0 aliphatic rings. The van der Waals surface area contributed by atoms with Gasteiger partial charge in [-0.15, -0.1) is 0 Å². The highest BCUT2D eigenvalue weighted by molar-refractivity contribution is 5.99. The zero-order valence-corrected chi connectivity index (χ0v) is 11.6. The van der Waals surface area contributed by atoms with E-state index >= 15 is 0 Å². The molecule has 0 aliphatic carbocycles. The summed E-state index contributed by atoms with van der Waals surface area (Å²) < 4.78 is 0. The number of rotatable bonds is 3. The minimum Gasteiger partial charge on any atom is -0.325 e. The van der Waals surface area contributed by atoms with Gasteiger partial charge in [-0.2, -0.15) is 0 Å². The van der Waals surface area contributed by atoms with Gasteiger partial charge in [-0.25, -0.2) is 0 Å². The lowest BCUT2D eigenvalue weighted by molar-refractivity contribution is -0.120. The van der Waals surface area contributed by atoms with Gasteiger partial charge < -0.3 is 5.32 Å². The molecule has 0 bridgehead atoms. The van der Waals surface area contributed by atoms with E-state index in [2.05, 4.69) is 5.32 Å². The number of carbonyl (C=O) groups excluding carboxylic acids is 1. The molecule has 2 aromatic rings. The molecule has 2 heteroatoms. The van der Waals surface area contributed by atoms with Crippen molar-refractivity contribution in [3.63, 3.8) is 0 Å². The van der Waals surface area contributed by atoms with Crippen LogP contribution in [0.3, 0.4) is 0 Å². The maximum atomic E-state index is 12.5. The van der Waals surface area contributed by atoms with E-state index in [9.17, 15) is 4.79 Å². The molecule has 0 saturated heterocycles. The van der Waals surface area contributed by atoms with Gasteiger partial charge in [-0.1, -0.05) is 48.5 Å². The Hall–Kier alpha value is -2.09. The van der Waals surface area contributed by atoms with E-state index in [1.54, 1.807) is 0 Å². The van der Waals surface area contributed by atoms with Crippen LogP contribution in [0.25, 0.3) is 0 Å². The second-order valence-electron chi connectivity index (χ2n) is 5.26. The third kappa shape index (κ3) is 2.84. The molecule has 0 heterocycles. The van der Waals surface area contributed by atoms with Crippen LogP contribution in [0.1, 0.15) is 25.0 Å². The third-order valence-corrected chi connectivity index (χ3v) is 3.46. The van der Waals surface area contributed by atoms with Crippen molar-refractivity contribution in [1.29, 1.82) is 0 Å². The van der Waals surface area contributed by atoms with Crippen LogP contribution >= 0.6 is 0 Å². The van der Waals surface area contributed by atoms with Gasteiger partial charge in [-0.05, 0) is 38.0 Å². The summed E-state index contributed by atoms with van der Waals surface area (Å²) in [7, 11) is 0. The minimum atomic E-state index is -0.552. The average Bonchev–Trinajstić information content (AvgIpc) is 2.42. The van der Waals surface area contributed by atoms with Crippen molar-refractivity contribution in [1.82, 2.24) is 0 Å². The van der Waals surface area contributed by atoms with Crippen LogP contribution in [0.2, 0.25) is 0 Å². The van der Waals surface area contributed by atoms with Crippen molar-refractivity contribution in [2.75, 3.05) is 5.32 Å². The number of carbonyl (C=O) groups is 1. The Bertz CT molecular complexity index is 573. The van der Waals surface area contributed by atoms with Gasteiger partial charge >= 0.3 is 0 Å². The van der Waals surface area contributed by atoms with Gasteiger partial charge in [0.2, 0.25) is 5.91 Å². The first kappa shape index (κ1) is 13.3. The molecule has 0 aliphatic heterocycles. The van der Waals surface area contributed by atoms with E-state index in [4.69, 9.17) is 0 Å². The van der Waals surface area contributed by atoms with Crippen LogP contribution in [0, 0.1) is 6.92 Å². The maximum Gasteiger partial charge on any atom is 0.234 e. The topological polar surface area (TPSA) is 29.1 Å². The SMILES string of the molecule is Cc1ccccc1NC(=O)C(C)(C)c1ccccc1. The number of anilines is 1. The van der Waals surface area contributed by atoms with Crippen molar-refractivity contribution in [2.45, 2.75) is 26.2 Å². The number of nitrogens with one attached hydrogen (secondary N) is 1. The molecule has 0 fully saturated rings. The molecule has 19 heavy (non-hydrogen) atoms. The normalized spacial score (nSPS) is 11.1. The summed E-state index contributed by atoms with van der Waals surface area (Å²) in [6, 6.07) is 17.6. The molecule has 0 saturated carbocycles. The van der Waals surface area contributed by atoms with Gasteiger partial charge in [0.1, 0.15) is 0 Å².